The summed E-state index contributed by atoms with van der Waals surface area (Å²) in [6.45, 7) is 5.68. The Morgan fingerprint density at radius 3 is 2.62 bits per heavy atom. The second-order valence-corrected chi connectivity index (χ2v) is 11.5. The second kappa shape index (κ2) is 10.2. The number of rotatable bonds is 6. The number of nitrogens with zero attached hydrogens (tertiary/aromatic N) is 3. The number of sulfonamides is 1. The highest BCUT2D eigenvalue weighted by Crippen LogP contribution is 2.29. The Balaban J connectivity index is 1.53. The van der Waals surface area contributed by atoms with Crippen LogP contribution in [-0.4, -0.2) is 70.5 Å². The summed E-state index contributed by atoms with van der Waals surface area (Å²) in [5.41, 5.74) is 0. The molecule has 9 heteroatoms. The zero-order valence-electron chi connectivity index (χ0n) is 17.8. The van der Waals surface area contributed by atoms with Gasteiger partial charge in [0, 0.05) is 38.6 Å². The van der Waals surface area contributed by atoms with E-state index in [1.807, 2.05) is 6.07 Å². The number of morpholine rings is 1. The number of thiophene rings is 1. The van der Waals surface area contributed by atoms with Crippen molar-refractivity contribution in [3.63, 3.8) is 0 Å². The molecule has 1 aromatic rings. The number of guanidine groups is 1. The number of nitrogens with one attached hydrogen (secondary N) is 1. The topological polar surface area (TPSA) is 74.2 Å². The van der Waals surface area contributed by atoms with Crippen LogP contribution < -0.4 is 5.32 Å². The minimum absolute atomic E-state index is 0.399. The predicted molar refractivity (Wildman–Crippen MR) is 118 cm³/mol. The van der Waals surface area contributed by atoms with Gasteiger partial charge in [0.1, 0.15) is 4.21 Å². The molecule has 0 atom stereocenters. The molecular weight excluding hydrogens is 408 g/mol. The van der Waals surface area contributed by atoms with Crippen LogP contribution in [0.25, 0.3) is 0 Å². The monoisotopic (exact) mass is 442 g/mol. The average Bonchev–Trinajstić information content (AvgIpc) is 3.21. The summed E-state index contributed by atoms with van der Waals surface area (Å²) in [7, 11) is 0.454. The van der Waals surface area contributed by atoms with Crippen LogP contribution in [0.15, 0.2) is 21.3 Å². The van der Waals surface area contributed by atoms with Crippen molar-refractivity contribution in [2.24, 2.45) is 16.8 Å². The molecule has 0 unspecified atom stereocenters. The van der Waals surface area contributed by atoms with Crippen molar-refractivity contribution in [1.82, 2.24) is 14.5 Å². The maximum atomic E-state index is 12.8. The first kappa shape index (κ1) is 22.5. The van der Waals surface area contributed by atoms with Gasteiger partial charge in [-0.1, -0.05) is 19.8 Å². The van der Waals surface area contributed by atoms with E-state index >= 15 is 0 Å². The maximum absolute atomic E-state index is 12.8. The molecule has 0 amide bonds. The van der Waals surface area contributed by atoms with Gasteiger partial charge in [0.05, 0.1) is 19.8 Å². The summed E-state index contributed by atoms with van der Waals surface area (Å²) in [6, 6.07) is 3.60. The van der Waals surface area contributed by atoms with Crippen molar-refractivity contribution in [3.8, 4) is 0 Å². The zero-order valence-corrected chi connectivity index (χ0v) is 19.4. The molecular formula is C20H34N4O3S2. The van der Waals surface area contributed by atoms with Crippen LogP contribution >= 0.6 is 11.3 Å². The van der Waals surface area contributed by atoms with Crippen LogP contribution in [0, 0.1) is 11.8 Å². The molecule has 1 saturated heterocycles. The van der Waals surface area contributed by atoms with Crippen molar-refractivity contribution < 1.29 is 13.2 Å². The third kappa shape index (κ3) is 5.93. The van der Waals surface area contributed by atoms with E-state index in [1.165, 1.54) is 41.3 Å². The molecule has 0 bridgehead atoms. The Labute approximate surface area is 179 Å². The van der Waals surface area contributed by atoms with Gasteiger partial charge in [-0.2, -0.15) is 4.31 Å². The number of hydrogen-bond donors (Lipinski definition) is 1. The van der Waals surface area contributed by atoms with Crippen LogP contribution in [0.4, 0.5) is 0 Å². The van der Waals surface area contributed by atoms with Crippen LogP contribution in [0.3, 0.4) is 0 Å². The van der Waals surface area contributed by atoms with Gasteiger partial charge in [0.15, 0.2) is 5.96 Å². The second-order valence-electron chi connectivity index (χ2n) is 8.14. The standard InChI is InChI=1S/C20H34N4O3S2/c1-16-4-6-17(7-5-16)15-23(3)20(21-2)22-14-18-8-9-19(28-18)29(25,26)24-10-12-27-13-11-24/h8-9,16-17H,4-7,10-15H2,1-3H3,(H,21,22). The summed E-state index contributed by atoms with van der Waals surface area (Å²) in [6.07, 6.45) is 5.21. The number of aliphatic imine (C=N–C) groups is 1. The molecule has 29 heavy (non-hydrogen) atoms. The highest BCUT2D eigenvalue weighted by molar-refractivity contribution is 7.91. The lowest BCUT2D eigenvalue weighted by atomic mass is 9.83. The fourth-order valence-electron chi connectivity index (χ4n) is 4.04. The van der Waals surface area contributed by atoms with Gasteiger partial charge in [0.25, 0.3) is 10.0 Å². The average molecular weight is 443 g/mol. The van der Waals surface area contributed by atoms with E-state index in [2.05, 4.69) is 29.2 Å². The van der Waals surface area contributed by atoms with Crippen molar-refractivity contribution >= 4 is 27.3 Å². The quantitative estimate of drug-likeness (QED) is 0.541. The molecule has 0 spiro atoms. The van der Waals surface area contributed by atoms with E-state index < -0.39 is 10.0 Å². The van der Waals surface area contributed by atoms with E-state index in [0.29, 0.717) is 37.1 Å². The molecule has 1 aliphatic heterocycles. The van der Waals surface area contributed by atoms with Gasteiger partial charge in [-0.3, -0.25) is 4.99 Å². The first-order valence-corrected chi connectivity index (χ1v) is 12.7. The molecule has 2 heterocycles. The minimum Gasteiger partial charge on any atom is -0.379 e. The van der Waals surface area contributed by atoms with Crippen molar-refractivity contribution in [2.45, 2.75) is 43.4 Å². The lowest BCUT2D eigenvalue weighted by Gasteiger charge is -2.31. The normalized spacial score (nSPS) is 24.4. The van der Waals surface area contributed by atoms with E-state index in [0.717, 1.165) is 29.2 Å². The van der Waals surface area contributed by atoms with Crippen molar-refractivity contribution in [1.29, 1.82) is 0 Å². The minimum atomic E-state index is -3.42. The highest BCUT2D eigenvalue weighted by atomic mass is 32.2. The maximum Gasteiger partial charge on any atom is 0.252 e. The summed E-state index contributed by atoms with van der Waals surface area (Å²) >= 11 is 1.33. The third-order valence-corrected chi connectivity index (χ3v) is 9.31. The lowest BCUT2D eigenvalue weighted by Crippen LogP contribution is -2.41. The van der Waals surface area contributed by atoms with Gasteiger partial charge in [-0.25, -0.2) is 8.42 Å². The molecule has 0 radical (unpaired) electrons. The molecule has 1 saturated carbocycles. The fourth-order valence-corrected chi connectivity index (χ4v) is 6.90. The predicted octanol–water partition coefficient (Wildman–Crippen LogP) is 2.60. The summed E-state index contributed by atoms with van der Waals surface area (Å²) < 4.78 is 32.7. The van der Waals surface area contributed by atoms with E-state index in [4.69, 9.17) is 4.74 Å². The highest BCUT2D eigenvalue weighted by Gasteiger charge is 2.28. The van der Waals surface area contributed by atoms with E-state index in [-0.39, 0.29) is 0 Å². The van der Waals surface area contributed by atoms with E-state index in [9.17, 15) is 8.42 Å². The zero-order chi connectivity index (χ0) is 20.9. The lowest BCUT2D eigenvalue weighted by molar-refractivity contribution is 0.0731. The Kier molecular flexibility index (Phi) is 7.95. The number of hydrogen-bond acceptors (Lipinski definition) is 5. The first-order chi connectivity index (χ1) is 13.9. The SMILES string of the molecule is CN=C(NCc1ccc(S(=O)(=O)N2CCOCC2)s1)N(C)CC1CCC(C)CC1. The molecule has 1 N–H and O–H groups in total. The summed E-state index contributed by atoms with van der Waals surface area (Å²) in [4.78, 5) is 7.59. The van der Waals surface area contributed by atoms with Crippen molar-refractivity contribution in [3.05, 3.63) is 17.0 Å². The van der Waals surface area contributed by atoms with Gasteiger partial charge in [-0.15, -0.1) is 11.3 Å². The first-order valence-electron chi connectivity index (χ1n) is 10.5. The largest absolute Gasteiger partial charge is 0.379 e. The fraction of sp³-hybridized carbons (Fsp3) is 0.750. The Morgan fingerprint density at radius 2 is 1.97 bits per heavy atom. The third-order valence-electron chi connectivity index (χ3n) is 5.86. The molecule has 1 aromatic heterocycles. The Hall–Kier alpha value is -1.16. The molecule has 2 aliphatic rings. The van der Waals surface area contributed by atoms with Gasteiger partial charge in [-0.05, 0) is 36.8 Å². The Morgan fingerprint density at radius 1 is 1.28 bits per heavy atom. The van der Waals surface area contributed by atoms with E-state index in [1.54, 1.807) is 13.1 Å². The number of ether oxygens (including phenoxy) is 1. The smallest absolute Gasteiger partial charge is 0.252 e. The van der Waals surface area contributed by atoms with Gasteiger partial charge in [0.2, 0.25) is 0 Å². The molecule has 0 aromatic carbocycles. The van der Waals surface area contributed by atoms with Crippen molar-refractivity contribution in [2.75, 3.05) is 46.9 Å². The summed E-state index contributed by atoms with van der Waals surface area (Å²) in [5, 5.41) is 3.39. The Bertz CT molecular complexity index is 779. The molecule has 164 valence electrons. The van der Waals surface area contributed by atoms with Crippen LogP contribution in [0.2, 0.25) is 0 Å². The molecule has 2 fully saturated rings. The molecule has 1 aliphatic carbocycles. The molecule has 3 rings (SSSR count). The van der Waals surface area contributed by atoms with Crippen LogP contribution in [0.5, 0.6) is 0 Å². The van der Waals surface area contributed by atoms with Gasteiger partial charge >= 0.3 is 0 Å². The molecule has 7 nitrogen and oxygen atoms in total. The van der Waals surface area contributed by atoms with Gasteiger partial charge < -0.3 is 15.0 Å². The van der Waals surface area contributed by atoms with Crippen LogP contribution in [0.1, 0.15) is 37.5 Å². The van der Waals surface area contributed by atoms with Crippen LogP contribution in [-0.2, 0) is 21.3 Å². The summed E-state index contributed by atoms with van der Waals surface area (Å²) in [5.74, 6) is 2.44.